The minimum atomic E-state index is -0.549. The quantitative estimate of drug-likeness (QED) is 0.354. The molecule has 224 valence electrons. The van der Waals surface area contributed by atoms with Gasteiger partial charge in [0.25, 0.3) is 0 Å². The van der Waals surface area contributed by atoms with Crippen molar-refractivity contribution in [3.05, 3.63) is 0 Å². The SMILES string of the molecule is CC(O)C1C(C)CC2(C)CC3(C)CC4C(C5CCC(CCC6CC6)O5)CCC(C)C4C(O)C3C(C)C2(C)C1O. The van der Waals surface area contributed by atoms with Gasteiger partial charge in [-0.2, -0.15) is 0 Å². The highest BCUT2D eigenvalue weighted by atomic mass is 16.5. The third-order valence-electron chi connectivity index (χ3n) is 14.7. The molecule has 16 atom stereocenters. The van der Waals surface area contributed by atoms with Crippen LogP contribution in [0.2, 0.25) is 0 Å². The summed E-state index contributed by atoms with van der Waals surface area (Å²) in [6, 6.07) is 0. The van der Waals surface area contributed by atoms with Crippen molar-refractivity contribution in [1.82, 2.24) is 0 Å². The van der Waals surface area contributed by atoms with Crippen molar-refractivity contribution in [1.29, 1.82) is 0 Å². The molecule has 1 aliphatic heterocycles. The zero-order valence-corrected chi connectivity index (χ0v) is 26.1. The Morgan fingerprint density at radius 2 is 1.56 bits per heavy atom. The lowest BCUT2D eigenvalue weighted by Gasteiger charge is -2.72. The highest BCUT2D eigenvalue weighted by molar-refractivity contribution is 5.18. The van der Waals surface area contributed by atoms with Gasteiger partial charge in [-0.3, -0.25) is 0 Å². The Labute approximate surface area is 239 Å². The molecule has 4 nitrogen and oxygen atoms in total. The van der Waals surface area contributed by atoms with E-state index in [4.69, 9.17) is 4.74 Å². The molecule has 6 rings (SSSR count). The van der Waals surface area contributed by atoms with Crippen molar-refractivity contribution in [2.75, 3.05) is 0 Å². The van der Waals surface area contributed by atoms with Crippen molar-refractivity contribution in [2.24, 2.45) is 69.5 Å². The Morgan fingerprint density at radius 1 is 0.846 bits per heavy atom. The number of aliphatic hydroxyl groups excluding tert-OH is 3. The summed E-state index contributed by atoms with van der Waals surface area (Å²) in [6.45, 7) is 16.1. The van der Waals surface area contributed by atoms with E-state index in [2.05, 4.69) is 41.5 Å². The molecule has 0 aromatic heterocycles. The largest absolute Gasteiger partial charge is 0.393 e. The van der Waals surface area contributed by atoms with Crippen LogP contribution in [-0.4, -0.2) is 45.8 Å². The van der Waals surface area contributed by atoms with Crippen LogP contribution in [0.1, 0.15) is 119 Å². The third-order valence-corrected chi connectivity index (χ3v) is 14.7. The van der Waals surface area contributed by atoms with Gasteiger partial charge in [0.15, 0.2) is 0 Å². The first kappa shape index (κ1) is 28.9. The second-order valence-electron chi connectivity index (χ2n) is 17.0. The summed E-state index contributed by atoms with van der Waals surface area (Å²) in [7, 11) is 0. The standard InChI is InChI=1S/C35H60O4/c1-19-8-14-25(27-15-13-24(39-27)12-11-23-9-10-23)26-17-33(5)18-34(6)16-20(2)28(22(4)36)32(38)35(34,7)21(3)30(33)31(37)29(19)26/h19-32,36-38H,8-18H2,1-7H3. The number of aliphatic hydroxyl groups is 3. The summed E-state index contributed by atoms with van der Waals surface area (Å²) < 4.78 is 6.83. The van der Waals surface area contributed by atoms with E-state index in [9.17, 15) is 15.3 Å². The highest BCUT2D eigenvalue weighted by Gasteiger charge is 2.70. The normalized spacial score (nSPS) is 58.3. The first-order chi connectivity index (χ1) is 18.3. The van der Waals surface area contributed by atoms with Gasteiger partial charge in [-0.25, -0.2) is 0 Å². The monoisotopic (exact) mass is 544 g/mol. The molecular formula is C35H60O4. The molecule has 1 heterocycles. The van der Waals surface area contributed by atoms with Crippen LogP contribution in [-0.2, 0) is 4.74 Å². The lowest BCUT2D eigenvalue weighted by Crippen LogP contribution is -2.70. The van der Waals surface area contributed by atoms with Crippen LogP contribution in [0.25, 0.3) is 0 Å². The molecule has 0 aromatic carbocycles. The van der Waals surface area contributed by atoms with Gasteiger partial charge < -0.3 is 20.1 Å². The van der Waals surface area contributed by atoms with E-state index < -0.39 is 12.2 Å². The average Bonchev–Trinajstić information content (AvgIpc) is 3.55. The molecule has 39 heavy (non-hydrogen) atoms. The molecule has 5 saturated carbocycles. The molecule has 0 amide bonds. The summed E-state index contributed by atoms with van der Waals surface area (Å²) in [5.41, 5.74) is -0.271. The topological polar surface area (TPSA) is 69.9 Å². The summed E-state index contributed by atoms with van der Waals surface area (Å²) in [4.78, 5) is 0. The maximum absolute atomic E-state index is 12.4. The van der Waals surface area contributed by atoms with E-state index >= 15 is 0 Å². The molecule has 16 unspecified atom stereocenters. The maximum atomic E-state index is 12.4. The second-order valence-corrected chi connectivity index (χ2v) is 17.0. The predicted molar refractivity (Wildman–Crippen MR) is 156 cm³/mol. The van der Waals surface area contributed by atoms with Gasteiger partial charge in [0.05, 0.1) is 30.5 Å². The van der Waals surface area contributed by atoms with Crippen LogP contribution in [0.15, 0.2) is 0 Å². The zero-order chi connectivity index (χ0) is 28.1. The van der Waals surface area contributed by atoms with Crippen LogP contribution < -0.4 is 0 Å². The zero-order valence-electron chi connectivity index (χ0n) is 26.1. The van der Waals surface area contributed by atoms with Gasteiger partial charge in [0.2, 0.25) is 0 Å². The van der Waals surface area contributed by atoms with Crippen molar-refractivity contribution in [2.45, 2.75) is 150 Å². The number of rotatable bonds is 5. The molecule has 3 N–H and O–H groups in total. The molecular weight excluding hydrogens is 484 g/mol. The Bertz CT molecular complexity index is 901. The number of ether oxygens (including phenoxy) is 1. The molecule has 6 aliphatic rings. The van der Waals surface area contributed by atoms with Crippen molar-refractivity contribution in [3.63, 3.8) is 0 Å². The fourth-order valence-corrected chi connectivity index (χ4v) is 12.6. The average molecular weight is 545 g/mol. The van der Waals surface area contributed by atoms with Crippen LogP contribution >= 0.6 is 0 Å². The maximum Gasteiger partial charge on any atom is 0.0656 e. The first-order valence-electron chi connectivity index (χ1n) is 17.0. The second kappa shape index (κ2) is 9.95. The molecule has 0 bridgehead atoms. The fourth-order valence-electron chi connectivity index (χ4n) is 12.6. The van der Waals surface area contributed by atoms with Gasteiger partial charge in [0, 0.05) is 11.3 Å². The fraction of sp³-hybridized carbons (Fsp3) is 1.00. The van der Waals surface area contributed by atoms with E-state index in [1.54, 1.807) is 0 Å². The first-order valence-corrected chi connectivity index (χ1v) is 17.0. The van der Waals surface area contributed by atoms with Crippen molar-refractivity contribution in [3.8, 4) is 0 Å². The van der Waals surface area contributed by atoms with Crippen LogP contribution in [0.5, 0.6) is 0 Å². The predicted octanol–water partition coefficient (Wildman–Crippen LogP) is 6.84. The summed E-state index contributed by atoms with van der Waals surface area (Å²) >= 11 is 0. The summed E-state index contributed by atoms with van der Waals surface area (Å²) in [5.74, 6) is 3.53. The van der Waals surface area contributed by atoms with Gasteiger partial charge >= 0.3 is 0 Å². The van der Waals surface area contributed by atoms with Gasteiger partial charge in [-0.15, -0.1) is 0 Å². The Kier molecular flexibility index (Phi) is 7.38. The third kappa shape index (κ3) is 4.42. The smallest absolute Gasteiger partial charge is 0.0656 e. The molecule has 1 saturated heterocycles. The lowest BCUT2D eigenvalue weighted by atomic mass is 9.34. The highest BCUT2D eigenvalue weighted by Crippen LogP contribution is 2.73. The minimum Gasteiger partial charge on any atom is -0.393 e. The molecule has 4 heteroatoms. The van der Waals surface area contributed by atoms with Crippen molar-refractivity contribution < 1.29 is 20.1 Å². The van der Waals surface area contributed by atoms with Crippen LogP contribution in [0.4, 0.5) is 0 Å². The van der Waals surface area contributed by atoms with Crippen molar-refractivity contribution >= 4 is 0 Å². The molecule has 6 fully saturated rings. The summed E-state index contributed by atoms with van der Waals surface area (Å²) in [6.07, 6.45) is 13.1. The van der Waals surface area contributed by atoms with Gasteiger partial charge in [0.1, 0.15) is 0 Å². The number of hydrogen-bond acceptors (Lipinski definition) is 4. The molecule has 0 radical (unpaired) electrons. The Balaban J connectivity index is 1.28. The number of fused-ring (bicyclic) bond motifs is 3. The molecule has 0 spiro atoms. The van der Waals surface area contributed by atoms with E-state index in [1.165, 1.54) is 57.8 Å². The molecule has 0 aromatic rings. The van der Waals surface area contributed by atoms with E-state index in [0.717, 1.165) is 18.8 Å². The van der Waals surface area contributed by atoms with E-state index in [1.807, 2.05) is 6.92 Å². The van der Waals surface area contributed by atoms with Crippen LogP contribution in [0.3, 0.4) is 0 Å². The van der Waals surface area contributed by atoms with Crippen LogP contribution in [0, 0.1) is 69.5 Å². The summed E-state index contributed by atoms with van der Waals surface area (Å²) in [5, 5.41) is 35.1. The lowest BCUT2D eigenvalue weighted by molar-refractivity contribution is -0.280. The minimum absolute atomic E-state index is 0.0119. The van der Waals surface area contributed by atoms with Gasteiger partial charge in [-0.1, -0.05) is 54.4 Å². The number of hydrogen-bond donors (Lipinski definition) is 3. The Hall–Kier alpha value is -0.160. The van der Waals surface area contributed by atoms with E-state index in [-0.39, 0.29) is 46.0 Å². The Morgan fingerprint density at radius 3 is 2.23 bits per heavy atom. The van der Waals surface area contributed by atoms with Gasteiger partial charge in [-0.05, 0) is 123 Å². The molecule has 5 aliphatic carbocycles. The van der Waals surface area contributed by atoms with E-state index in [0.29, 0.717) is 35.9 Å².